The maximum atomic E-state index is 11.5. The van der Waals surface area contributed by atoms with Gasteiger partial charge in [-0.1, -0.05) is 80.3 Å². The zero-order valence-corrected chi connectivity index (χ0v) is 20.7. The Labute approximate surface area is 203 Å². The normalized spacial score (nSPS) is 17.4. The van der Waals surface area contributed by atoms with Gasteiger partial charge in [-0.15, -0.1) is 0 Å². The van der Waals surface area contributed by atoms with Crippen molar-refractivity contribution >= 4 is 5.97 Å². The number of hydrogen-bond acceptors (Lipinski definition) is 3. The molecule has 1 saturated heterocycles. The van der Waals surface area contributed by atoms with E-state index in [-0.39, 0.29) is 17.5 Å². The zero-order chi connectivity index (χ0) is 24.3. The molecule has 0 N–H and O–H groups in total. The van der Waals surface area contributed by atoms with E-state index in [1.165, 1.54) is 34.9 Å². The number of epoxide rings is 1. The van der Waals surface area contributed by atoms with Gasteiger partial charge < -0.3 is 9.47 Å². The Hall–Kier alpha value is -3.35. The zero-order valence-electron chi connectivity index (χ0n) is 20.7. The van der Waals surface area contributed by atoms with Gasteiger partial charge in [0, 0.05) is 11.5 Å². The fourth-order valence-corrected chi connectivity index (χ4v) is 4.24. The molecule has 3 heteroatoms. The summed E-state index contributed by atoms with van der Waals surface area (Å²) in [5.41, 5.74) is 9.18. The topological polar surface area (TPSA) is 38.8 Å². The molecule has 0 saturated carbocycles. The molecule has 1 fully saturated rings. The van der Waals surface area contributed by atoms with Crippen molar-refractivity contribution < 1.29 is 14.3 Å². The highest BCUT2D eigenvalue weighted by Gasteiger charge is 2.41. The fourth-order valence-electron chi connectivity index (χ4n) is 4.24. The lowest BCUT2D eigenvalue weighted by Crippen LogP contribution is -2.04. The maximum absolute atomic E-state index is 11.5. The van der Waals surface area contributed by atoms with Crippen LogP contribution in [0.4, 0.5) is 0 Å². The molecule has 0 bridgehead atoms. The summed E-state index contributed by atoms with van der Waals surface area (Å²) in [6.45, 7) is 9.40. The lowest BCUT2D eigenvalue weighted by molar-refractivity contribution is -0.139. The molecule has 2 atom stereocenters. The van der Waals surface area contributed by atoms with Gasteiger partial charge in [0.05, 0.1) is 20.1 Å². The van der Waals surface area contributed by atoms with Gasteiger partial charge in [-0.3, -0.25) is 4.79 Å². The van der Waals surface area contributed by atoms with Crippen LogP contribution in [0, 0.1) is 25.7 Å². The smallest absolute Gasteiger partial charge is 0.309 e. The molecule has 0 aliphatic carbocycles. The van der Waals surface area contributed by atoms with Crippen LogP contribution in [-0.2, 0) is 20.7 Å². The van der Waals surface area contributed by atoms with Crippen molar-refractivity contribution in [3.63, 3.8) is 0 Å². The molecule has 4 rings (SSSR count). The van der Waals surface area contributed by atoms with Gasteiger partial charge in [0.15, 0.2) is 5.60 Å². The van der Waals surface area contributed by atoms with E-state index in [1.54, 1.807) is 0 Å². The molecule has 0 amide bonds. The van der Waals surface area contributed by atoms with Crippen LogP contribution in [-0.4, -0.2) is 25.3 Å². The first-order valence-corrected chi connectivity index (χ1v) is 11.9. The Balaban J connectivity index is 1.51. The molecule has 3 aromatic carbocycles. The van der Waals surface area contributed by atoms with Crippen LogP contribution in [0.2, 0.25) is 0 Å². The van der Waals surface area contributed by atoms with Crippen molar-refractivity contribution in [2.24, 2.45) is 0 Å². The van der Waals surface area contributed by atoms with Gasteiger partial charge in [-0.05, 0) is 65.3 Å². The summed E-state index contributed by atoms with van der Waals surface area (Å²) >= 11 is 0. The third kappa shape index (κ3) is 5.24. The summed E-state index contributed by atoms with van der Waals surface area (Å²) in [5.74, 6) is 6.69. The molecule has 174 valence electrons. The molecule has 1 heterocycles. The Bertz CT molecular complexity index is 1250. The number of carbonyl (C=O) groups is 1. The highest BCUT2D eigenvalue weighted by atomic mass is 16.6. The third-order valence-electron chi connectivity index (χ3n) is 6.83. The van der Waals surface area contributed by atoms with Gasteiger partial charge in [0.2, 0.25) is 0 Å². The van der Waals surface area contributed by atoms with E-state index in [4.69, 9.17) is 9.47 Å². The van der Waals surface area contributed by atoms with Crippen LogP contribution in [0.3, 0.4) is 0 Å². The van der Waals surface area contributed by atoms with Crippen molar-refractivity contribution in [2.75, 3.05) is 13.7 Å². The Morgan fingerprint density at radius 1 is 1.03 bits per heavy atom. The standard InChI is InChI=1S/C31H32O3/c1-6-31(20-34-31)16-15-25-11-12-27(17-21(25)2)23(4)28-13-14-29(22(3)18-28)26-9-7-24(8-10-26)19-30(32)33-5/h7-14,17-18,23H,6,19-20H2,1-5H3. The SMILES string of the molecule is CCC1(C#Cc2ccc(C(C)c3ccc(-c4ccc(CC(=O)OC)cc4)c(C)c3)cc2C)CO1. The number of aryl methyl sites for hydroxylation is 2. The molecule has 3 nitrogen and oxygen atoms in total. The van der Waals surface area contributed by atoms with Gasteiger partial charge in [-0.25, -0.2) is 0 Å². The van der Waals surface area contributed by atoms with E-state index < -0.39 is 0 Å². The van der Waals surface area contributed by atoms with Crippen LogP contribution in [0.1, 0.15) is 59.6 Å². The van der Waals surface area contributed by atoms with E-state index in [9.17, 15) is 4.79 Å². The molecule has 2 unspecified atom stereocenters. The van der Waals surface area contributed by atoms with Crippen molar-refractivity contribution in [3.8, 4) is 23.0 Å². The van der Waals surface area contributed by atoms with Crippen LogP contribution < -0.4 is 0 Å². The summed E-state index contributed by atoms with van der Waals surface area (Å²) < 4.78 is 10.3. The second-order valence-corrected chi connectivity index (χ2v) is 9.21. The van der Waals surface area contributed by atoms with E-state index in [0.717, 1.165) is 29.7 Å². The lowest BCUT2D eigenvalue weighted by Gasteiger charge is -2.16. The van der Waals surface area contributed by atoms with Crippen LogP contribution in [0.15, 0.2) is 60.7 Å². The summed E-state index contributed by atoms with van der Waals surface area (Å²) in [7, 11) is 1.42. The minimum absolute atomic E-state index is 0.209. The predicted molar refractivity (Wildman–Crippen MR) is 137 cm³/mol. The van der Waals surface area contributed by atoms with E-state index in [0.29, 0.717) is 6.42 Å². The number of methoxy groups -OCH3 is 1. The fraction of sp³-hybridized carbons (Fsp3) is 0.323. The molecule has 34 heavy (non-hydrogen) atoms. The summed E-state index contributed by atoms with van der Waals surface area (Å²) in [4.78, 5) is 11.5. The first-order chi connectivity index (χ1) is 16.3. The molecule has 0 radical (unpaired) electrons. The van der Waals surface area contributed by atoms with Crippen LogP contribution >= 0.6 is 0 Å². The minimum Gasteiger partial charge on any atom is -0.469 e. The van der Waals surface area contributed by atoms with Crippen LogP contribution in [0.5, 0.6) is 0 Å². The third-order valence-corrected chi connectivity index (χ3v) is 6.83. The Kier molecular flexibility index (Phi) is 6.91. The molecular formula is C31H32O3. The molecule has 3 aromatic rings. The van der Waals surface area contributed by atoms with Crippen molar-refractivity contribution in [2.45, 2.75) is 52.1 Å². The Morgan fingerprint density at radius 2 is 1.68 bits per heavy atom. The minimum atomic E-state index is -0.223. The number of carbonyl (C=O) groups excluding carboxylic acids is 1. The molecule has 1 aliphatic rings. The van der Waals surface area contributed by atoms with E-state index >= 15 is 0 Å². The van der Waals surface area contributed by atoms with Crippen molar-refractivity contribution in [3.05, 3.63) is 94.0 Å². The first kappa shape index (κ1) is 23.8. The highest BCUT2D eigenvalue weighted by Crippen LogP contribution is 2.32. The lowest BCUT2D eigenvalue weighted by atomic mass is 9.88. The number of hydrogen-bond donors (Lipinski definition) is 0. The number of ether oxygens (including phenoxy) is 2. The molecule has 1 aliphatic heterocycles. The summed E-state index contributed by atoms with van der Waals surface area (Å²) in [5, 5.41) is 0. The second kappa shape index (κ2) is 9.87. The van der Waals surface area contributed by atoms with Crippen LogP contribution in [0.25, 0.3) is 11.1 Å². The van der Waals surface area contributed by atoms with E-state index in [1.807, 2.05) is 12.1 Å². The number of rotatable bonds is 6. The number of benzene rings is 3. The average molecular weight is 453 g/mol. The largest absolute Gasteiger partial charge is 0.469 e. The second-order valence-electron chi connectivity index (χ2n) is 9.21. The molecule has 0 aromatic heterocycles. The summed E-state index contributed by atoms with van der Waals surface area (Å²) in [6, 6.07) is 21.4. The average Bonchev–Trinajstić information content (AvgIpc) is 3.63. The van der Waals surface area contributed by atoms with Crippen molar-refractivity contribution in [1.29, 1.82) is 0 Å². The highest BCUT2D eigenvalue weighted by molar-refractivity contribution is 5.73. The molecular weight excluding hydrogens is 420 g/mol. The first-order valence-electron chi connectivity index (χ1n) is 11.9. The quantitative estimate of drug-likeness (QED) is 0.248. The van der Waals surface area contributed by atoms with Gasteiger partial charge >= 0.3 is 5.97 Å². The van der Waals surface area contributed by atoms with Gasteiger partial charge in [0.25, 0.3) is 0 Å². The maximum Gasteiger partial charge on any atom is 0.309 e. The van der Waals surface area contributed by atoms with Gasteiger partial charge in [-0.2, -0.15) is 0 Å². The van der Waals surface area contributed by atoms with Gasteiger partial charge in [0.1, 0.15) is 0 Å². The predicted octanol–water partition coefficient (Wildman–Crippen LogP) is 6.37. The monoisotopic (exact) mass is 452 g/mol. The molecule has 0 spiro atoms. The van der Waals surface area contributed by atoms with E-state index in [2.05, 4.69) is 88.1 Å². The van der Waals surface area contributed by atoms with Crippen molar-refractivity contribution in [1.82, 2.24) is 0 Å². The number of esters is 1. The Morgan fingerprint density at radius 3 is 2.24 bits per heavy atom. The summed E-state index contributed by atoms with van der Waals surface area (Å²) in [6.07, 6.45) is 1.23.